The Morgan fingerprint density at radius 2 is 1.56 bits per heavy atom. The summed E-state index contributed by atoms with van der Waals surface area (Å²) in [6, 6.07) is 6.70. The van der Waals surface area contributed by atoms with Gasteiger partial charge in [0.05, 0.1) is 6.61 Å². The van der Waals surface area contributed by atoms with Crippen molar-refractivity contribution in [2.24, 2.45) is 5.41 Å². The Balaban J connectivity index is 2.51. The van der Waals surface area contributed by atoms with E-state index in [1.165, 1.54) is 0 Å². The highest BCUT2D eigenvalue weighted by atomic mass is 16.6. The van der Waals surface area contributed by atoms with Crippen molar-refractivity contribution in [1.29, 1.82) is 0 Å². The van der Waals surface area contributed by atoms with Gasteiger partial charge in [0.2, 0.25) is 0 Å². The van der Waals surface area contributed by atoms with Crippen molar-refractivity contribution in [3.63, 3.8) is 0 Å². The highest BCUT2D eigenvalue weighted by molar-refractivity contribution is 6.33. The van der Waals surface area contributed by atoms with Crippen LogP contribution >= 0.6 is 0 Å². The van der Waals surface area contributed by atoms with Gasteiger partial charge in [-0.15, -0.1) is 0 Å². The maximum atomic E-state index is 8.59. The molecule has 4 nitrogen and oxygen atoms in total. The molecule has 0 heterocycles. The van der Waals surface area contributed by atoms with Gasteiger partial charge in [-0.25, -0.2) is 0 Å². The first-order valence-electron chi connectivity index (χ1n) is 5.12. The smallest absolute Gasteiger partial charge is 0.512 e. The molecule has 0 aliphatic heterocycles. The third-order valence-electron chi connectivity index (χ3n) is 1.74. The Kier molecular flexibility index (Phi) is 4.21. The van der Waals surface area contributed by atoms with Gasteiger partial charge in [0.25, 0.3) is 0 Å². The van der Waals surface area contributed by atoms with Gasteiger partial charge in [0.1, 0.15) is 11.5 Å². The van der Waals surface area contributed by atoms with Crippen LogP contribution in [0.2, 0.25) is 0 Å². The van der Waals surface area contributed by atoms with Gasteiger partial charge in [-0.2, -0.15) is 0 Å². The molecule has 1 aromatic rings. The third kappa shape index (κ3) is 5.05. The first-order chi connectivity index (χ1) is 7.37. The third-order valence-corrected chi connectivity index (χ3v) is 1.74. The molecule has 0 spiro atoms. The normalized spacial score (nSPS) is 11.1. The van der Waals surface area contributed by atoms with Gasteiger partial charge < -0.3 is 19.4 Å². The Bertz CT molecular complexity index is 316. The van der Waals surface area contributed by atoms with Crippen molar-refractivity contribution in [3.05, 3.63) is 24.3 Å². The average Bonchev–Trinajstić information content (AvgIpc) is 2.14. The van der Waals surface area contributed by atoms with Crippen LogP contribution in [-0.4, -0.2) is 24.0 Å². The van der Waals surface area contributed by atoms with Crippen LogP contribution in [0.5, 0.6) is 11.5 Å². The zero-order chi connectivity index (χ0) is 12.2. The largest absolute Gasteiger partial charge is 0.707 e. The fraction of sp³-hybridized carbons (Fsp3) is 0.455. The van der Waals surface area contributed by atoms with Gasteiger partial charge in [0.15, 0.2) is 0 Å². The van der Waals surface area contributed by atoms with E-state index in [1.807, 2.05) is 0 Å². The lowest BCUT2D eigenvalue weighted by atomic mass is 9.99. The van der Waals surface area contributed by atoms with Crippen LogP contribution in [0, 0.1) is 5.41 Å². The van der Waals surface area contributed by atoms with Crippen molar-refractivity contribution >= 4 is 7.32 Å². The summed E-state index contributed by atoms with van der Waals surface area (Å²) in [6.07, 6.45) is 0. The van der Waals surface area contributed by atoms with E-state index in [9.17, 15) is 0 Å². The first-order valence-corrected chi connectivity index (χ1v) is 5.12. The monoisotopic (exact) mass is 224 g/mol. The maximum Gasteiger partial charge on any atom is 0.707 e. The molecule has 88 valence electrons. The fourth-order valence-electron chi connectivity index (χ4n) is 1.04. The predicted octanol–water partition coefficient (Wildman–Crippen LogP) is 1.46. The Morgan fingerprint density at radius 1 is 1.06 bits per heavy atom. The summed E-state index contributed by atoms with van der Waals surface area (Å²) in [6.45, 7) is 6.89. The van der Waals surface area contributed by atoms with Crippen LogP contribution in [0.25, 0.3) is 0 Å². The lowest BCUT2D eigenvalue weighted by Gasteiger charge is -2.18. The van der Waals surface area contributed by atoms with Gasteiger partial charge >= 0.3 is 7.32 Å². The minimum Gasteiger partial charge on any atom is -0.512 e. The van der Waals surface area contributed by atoms with Crippen molar-refractivity contribution in [1.82, 2.24) is 0 Å². The highest BCUT2D eigenvalue weighted by Crippen LogP contribution is 2.20. The molecule has 5 heteroatoms. The Labute approximate surface area is 96.0 Å². The molecule has 0 atom stereocenters. The van der Waals surface area contributed by atoms with E-state index < -0.39 is 7.32 Å². The molecule has 0 unspecified atom stereocenters. The van der Waals surface area contributed by atoms with E-state index in [2.05, 4.69) is 25.4 Å². The second kappa shape index (κ2) is 5.23. The van der Waals surface area contributed by atoms with E-state index in [-0.39, 0.29) is 5.41 Å². The molecule has 0 bridgehead atoms. The topological polar surface area (TPSA) is 58.9 Å². The molecule has 16 heavy (non-hydrogen) atoms. The standard InChI is InChI=1S/C11H17BO4/c1-11(2,3)8-15-9-4-6-10(7-5-9)16-12(13)14/h4-7,13-14H,8H2,1-3H3. The van der Waals surface area contributed by atoms with Crippen LogP contribution in [0.3, 0.4) is 0 Å². The summed E-state index contributed by atoms with van der Waals surface area (Å²) in [4.78, 5) is 0. The molecule has 0 saturated carbocycles. The summed E-state index contributed by atoms with van der Waals surface area (Å²) < 4.78 is 10.2. The van der Waals surface area contributed by atoms with Crippen LogP contribution in [0.1, 0.15) is 20.8 Å². The number of ether oxygens (including phenoxy) is 1. The SMILES string of the molecule is CC(C)(C)COc1ccc(OB(O)O)cc1. The van der Waals surface area contributed by atoms with Crippen molar-refractivity contribution in [2.45, 2.75) is 20.8 Å². The number of rotatable bonds is 4. The van der Waals surface area contributed by atoms with Crippen LogP contribution < -0.4 is 9.39 Å². The van der Waals surface area contributed by atoms with E-state index in [1.54, 1.807) is 24.3 Å². The molecule has 1 rings (SSSR count). The van der Waals surface area contributed by atoms with Gasteiger partial charge in [0, 0.05) is 0 Å². The summed E-state index contributed by atoms with van der Waals surface area (Å²) in [5, 5.41) is 17.2. The second-order valence-corrected chi connectivity index (χ2v) is 4.76. The molecule has 1 aromatic carbocycles. The highest BCUT2D eigenvalue weighted by Gasteiger charge is 2.12. The zero-order valence-corrected chi connectivity index (χ0v) is 9.80. The summed E-state index contributed by atoms with van der Waals surface area (Å²) >= 11 is 0. The van der Waals surface area contributed by atoms with Crippen LogP contribution in [-0.2, 0) is 0 Å². The quantitative estimate of drug-likeness (QED) is 0.760. The molecule has 2 N–H and O–H groups in total. The molecule has 0 aliphatic rings. The molecular formula is C11H17BO4. The van der Waals surface area contributed by atoms with Crippen molar-refractivity contribution in [2.75, 3.05) is 6.61 Å². The van der Waals surface area contributed by atoms with Crippen molar-refractivity contribution in [3.8, 4) is 11.5 Å². The van der Waals surface area contributed by atoms with Gasteiger partial charge in [-0.1, -0.05) is 20.8 Å². The molecule has 0 radical (unpaired) electrons. The summed E-state index contributed by atoms with van der Waals surface area (Å²) in [7, 11) is -1.79. The van der Waals surface area contributed by atoms with Crippen LogP contribution in [0.15, 0.2) is 24.3 Å². The maximum absolute atomic E-state index is 8.59. The molecular weight excluding hydrogens is 207 g/mol. The summed E-state index contributed by atoms with van der Waals surface area (Å²) in [5.41, 5.74) is 0.108. The minimum atomic E-state index is -1.79. The fourth-order valence-corrected chi connectivity index (χ4v) is 1.04. The summed E-state index contributed by atoms with van der Waals surface area (Å²) in [5.74, 6) is 1.12. The lowest BCUT2D eigenvalue weighted by molar-refractivity contribution is 0.197. The second-order valence-electron chi connectivity index (χ2n) is 4.76. The zero-order valence-electron chi connectivity index (χ0n) is 9.80. The number of benzene rings is 1. The lowest BCUT2D eigenvalue weighted by Crippen LogP contribution is -2.20. The molecule has 0 fully saturated rings. The van der Waals surface area contributed by atoms with E-state index in [0.29, 0.717) is 12.4 Å². The van der Waals surface area contributed by atoms with E-state index in [0.717, 1.165) is 5.75 Å². The Morgan fingerprint density at radius 3 is 2.00 bits per heavy atom. The van der Waals surface area contributed by atoms with E-state index >= 15 is 0 Å². The number of hydrogen-bond donors (Lipinski definition) is 2. The molecule has 0 aliphatic carbocycles. The average molecular weight is 224 g/mol. The Hall–Kier alpha value is -1.20. The van der Waals surface area contributed by atoms with Gasteiger partial charge in [-0.05, 0) is 29.7 Å². The predicted molar refractivity (Wildman–Crippen MR) is 62.2 cm³/mol. The first kappa shape index (κ1) is 12.9. The van der Waals surface area contributed by atoms with Gasteiger partial charge in [-0.3, -0.25) is 0 Å². The molecule has 0 saturated heterocycles. The van der Waals surface area contributed by atoms with Crippen LogP contribution in [0.4, 0.5) is 0 Å². The molecule has 0 amide bonds. The van der Waals surface area contributed by atoms with Crippen molar-refractivity contribution < 1.29 is 19.4 Å². The number of hydrogen-bond acceptors (Lipinski definition) is 4. The molecule has 0 aromatic heterocycles. The minimum absolute atomic E-state index is 0.108. The van der Waals surface area contributed by atoms with E-state index in [4.69, 9.17) is 14.8 Å².